The molecule has 2 saturated heterocycles. The van der Waals surface area contributed by atoms with Crippen molar-refractivity contribution in [2.75, 3.05) is 34.3 Å². The highest BCUT2D eigenvalue weighted by molar-refractivity contribution is 6.09. The van der Waals surface area contributed by atoms with Gasteiger partial charge in [-0.15, -0.1) is 0 Å². The number of carbonyl (C=O) groups excluding carboxylic acids is 11. The van der Waals surface area contributed by atoms with Gasteiger partial charge in [0.15, 0.2) is 17.7 Å². The molecule has 0 bridgehead atoms. The summed E-state index contributed by atoms with van der Waals surface area (Å²) in [7, 11) is 4.39. The number of ether oxygens (including phenoxy) is 3. The number of benzene rings is 3. The molecule has 0 aliphatic carbocycles. The fraction of sp³-hybridized carbons (Fsp3) is 0.580. The van der Waals surface area contributed by atoms with Crippen LogP contribution in [0.5, 0.6) is 5.75 Å². The first-order valence-corrected chi connectivity index (χ1v) is 32.0. The van der Waals surface area contributed by atoms with Crippen molar-refractivity contribution in [1.29, 1.82) is 0 Å². The number of amides is 7. The van der Waals surface area contributed by atoms with Crippen molar-refractivity contribution in [3.63, 3.8) is 0 Å². The van der Waals surface area contributed by atoms with Crippen LogP contribution in [0.2, 0.25) is 0 Å². The number of nitrogens with zero attached hydrogens (tertiary/aromatic N) is 3. The van der Waals surface area contributed by atoms with Crippen LogP contribution >= 0.6 is 0 Å². The minimum absolute atomic E-state index is 0.0330. The van der Waals surface area contributed by atoms with Gasteiger partial charge in [-0.3, -0.25) is 47.9 Å². The summed E-state index contributed by atoms with van der Waals surface area (Å²) >= 11 is 0. The Morgan fingerprint density at radius 2 is 1.42 bits per heavy atom. The fourth-order valence-electron chi connectivity index (χ4n) is 11.4. The van der Waals surface area contributed by atoms with Crippen LogP contribution in [-0.2, 0) is 59.0 Å². The number of hydrogen-bond acceptors (Lipinski definition) is 15. The Bertz CT molecular complexity index is 2990. The molecule has 3 aromatic rings. The smallest absolute Gasteiger partial charge is 0.329 e. The van der Waals surface area contributed by atoms with Crippen molar-refractivity contribution in [1.82, 2.24) is 36.0 Å². The number of Topliss-reactive ketones (excluding diaryl/α,β-unsaturated/α-hetero) is 1. The molecular formula is C69H97N7O15. The largest absolute Gasteiger partial charge is 0.497 e. The van der Waals surface area contributed by atoms with Crippen molar-refractivity contribution >= 4 is 64.9 Å². The van der Waals surface area contributed by atoms with E-state index in [1.165, 1.54) is 49.8 Å². The SMILES string of the molecule is CC[C@H](C)[C@H]1NC(=O)[C@H](NC(=O)[C@@H](CC(C)C)N(C)C(=O)CCCCCNC(=O)c2ccc(C(=O)c3ccccc3)cc2)[C@H](C)OC(=O)[C@H](Cc2ccc(OC)cc2)N(C)C(=O)[C@@H]2CCCN2C(=O)[C@@H](CC(C)C)NC(=O)[C@@H](C)C(=O)[C@@H](C(C)C)OC(=O)C[C@H]1O. The second kappa shape index (κ2) is 35.0. The topological polar surface area (TPSA) is 294 Å². The first-order chi connectivity index (χ1) is 43.1. The second-order valence-corrected chi connectivity index (χ2v) is 25.5. The van der Waals surface area contributed by atoms with Gasteiger partial charge in [-0.05, 0) is 106 Å². The van der Waals surface area contributed by atoms with E-state index < -0.39 is 126 Å². The fourth-order valence-corrected chi connectivity index (χ4v) is 11.4. The van der Waals surface area contributed by atoms with E-state index in [2.05, 4.69) is 21.3 Å². The molecule has 11 atom stereocenters. The van der Waals surface area contributed by atoms with Crippen LogP contribution in [0, 0.1) is 29.6 Å². The molecule has 2 aliphatic heterocycles. The van der Waals surface area contributed by atoms with Gasteiger partial charge in [0.1, 0.15) is 42.1 Å². The van der Waals surface area contributed by atoms with Gasteiger partial charge in [0, 0.05) is 56.7 Å². The van der Waals surface area contributed by atoms with Gasteiger partial charge >= 0.3 is 11.9 Å². The van der Waals surface area contributed by atoms with E-state index in [0.29, 0.717) is 66.7 Å². The van der Waals surface area contributed by atoms with E-state index in [1.54, 1.807) is 100 Å². The number of unbranched alkanes of at least 4 members (excludes halogenated alkanes) is 2. The lowest BCUT2D eigenvalue weighted by atomic mass is 9.91. The number of aliphatic hydroxyl groups is 1. The molecule has 7 amide bonds. The molecular weight excluding hydrogens is 1170 g/mol. The van der Waals surface area contributed by atoms with E-state index in [0.717, 1.165) is 0 Å². The van der Waals surface area contributed by atoms with E-state index in [9.17, 15) is 48.3 Å². The molecule has 22 heteroatoms. The highest BCUT2D eigenvalue weighted by Gasteiger charge is 2.45. The zero-order chi connectivity index (χ0) is 67.4. The van der Waals surface area contributed by atoms with E-state index in [1.807, 2.05) is 33.8 Å². The van der Waals surface area contributed by atoms with Crippen LogP contribution < -0.4 is 26.0 Å². The third-order valence-electron chi connectivity index (χ3n) is 17.1. The van der Waals surface area contributed by atoms with Crippen molar-refractivity contribution in [3.05, 3.63) is 101 Å². The molecule has 91 heavy (non-hydrogen) atoms. The minimum atomic E-state index is -1.73. The number of hydrogen-bond donors (Lipinski definition) is 5. The number of cyclic esters (lactones) is 2. The van der Waals surface area contributed by atoms with Crippen molar-refractivity contribution in [3.8, 4) is 5.75 Å². The quantitative estimate of drug-likeness (QED) is 0.0326. The van der Waals surface area contributed by atoms with Gasteiger partial charge in [0.2, 0.25) is 35.4 Å². The van der Waals surface area contributed by atoms with E-state index in [4.69, 9.17) is 14.2 Å². The minimum Gasteiger partial charge on any atom is -0.497 e. The summed E-state index contributed by atoms with van der Waals surface area (Å²) in [5, 5.41) is 23.1. The Hall–Kier alpha value is -8.01. The van der Waals surface area contributed by atoms with Gasteiger partial charge in [-0.1, -0.05) is 123 Å². The van der Waals surface area contributed by atoms with E-state index >= 15 is 9.59 Å². The maximum absolute atomic E-state index is 15.1. The Morgan fingerprint density at radius 3 is 2.02 bits per heavy atom. The number of likely N-dealkylation sites (N-methyl/N-ethyl adjacent to an activating group) is 2. The summed E-state index contributed by atoms with van der Waals surface area (Å²) in [6.45, 7) is 17.3. The number of aliphatic hydroxyl groups excluding tert-OH is 1. The van der Waals surface area contributed by atoms with Crippen LogP contribution in [0.25, 0.3) is 0 Å². The number of esters is 2. The Labute approximate surface area is 536 Å². The number of carbonyl (C=O) groups is 11. The molecule has 5 N–H and O–H groups in total. The summed E-state index contributed by atoms with van der Waals surface area (Å²) in [6.07, 6.45) is -2.72. The first kappa shape index (κ1) is 73.7. The normalized spacial score (nSPS) is 23.4. The van der Waals surface area contributed by atoms with Crippen LogP contribution in [-0.4, -0.2) is 174 Å². The highest BCUT2D eigenvalue weighted by Crippen LogP contribution is 2.27. The molecule has 2 aliphatic rings. The van der Waals surface area contributed by atoms with E-state index in [-0.39, 0.29) is 68.1 Å². The van der Waals surface area contributed by atoms with Crippen LogP contribution in [0.3, 0.4) is 0 Å². The average Bonchev–Trinajstić information content (AvgIpc) is 1.86. The average molecular weight is 1260 g/mol. The molecule has 0 saturated carbocycles. The summed E-state index contributed by atoms with van der Waals surface area (Å²) < 4.78 is 17.3. The molecule has 5 rings (SSSR count). The highest BCUT2D eigenvalue weighted by atomic mass is 16.6. The maximum atomic E-state index is 15.1. The predicted octanol–water partition coefficient (Wildman–Crippen LogP) is 6.17. The van der Waals surface area contributed by atoms with Crippen LogP contribution in [0.15, 0.2) is 78.9 Å². The number of ketones is 2. The number of rotatable bonds is 22. The Kier molecular flexibility index (Phi) is 28.3. The molecule has 0 spiro atoms. The van der Waals surface area contributed by atoms with Gasteiger partial charge < -0.3 is 55.3 Å². The maximum Gasteiger partial charge on any atom is 0.329 e. The van der Waals surface area contributed by atoms with Gasteiger partial charge in [0.25, 0.3) is 5.91 Å². The lowest BCUT2D eigenvalue weighted by Crippen LogP contribution is -2.61. The Balaban J connectivity index is 1.45. The number of nitrogens with one attached hydrogen (secondary N) is 4. The van der Waals surface area contributed by atoms with Crippen molar-refractivity contribution in [2.45, 2.75) is 194 Å². The zero-order valence-electron chi connectivity index (χ0n) is 55.3. The monoisotopic (exact) mass is 1260 g/mol. The summed E-state index contributed by atoms with van der Waals surface area (Å²) in [4.78, 5) is 160. The molecule has 0 aromatic heterocycles. The molecule has 22 nitrogen and oxygen atoms in total. The zero-order valence-corrected chi connectivity index (χ0v) is 55.3. The lowest BCUT2D eigenvalue weighted by molar-refractivity contribution is -0.163. The summed E-state index contributed by atoms with van der Waals surface area (Å²) in [5.74, 6) is -9.72. The summed E-state index contributed by atoms with van der Waals surface area (Å²) in [5.41, 5.74) is 1.95. The van der Waals surface area contributed by atoms with Gasteiger partial charge in [-0.2, -0.15) is 0 Å². The molecule has 3 aromatic carbocycles. The van der Waals surface area contributed by atoms with Gasteiger partial charge in [0.05, 0.1) is 31.6 Å². The lowest BCUT2D eigenvalue weighted by Gasteiger charge is -2.36. The predicted molar refractivity (Wildman–Crippen MR) is 341 cm³/mol. The van der Waals surface area contributed by atoms with Crippen molar-refractivity contribution < 1.29 is 72.1 Å². The third kappa shape index (κ3) is 20.8. The molecule has 2 fully saturated rings. The molecule has 0 radical (unpaired) electrons. The number of fused-ring (bicyclic) bond motifs is 1. The molecule has 0 unspecified atom stereocenters. The molecule has 2 heterocycles. The number of methoxy groups -OCH3 is 1. The summed E-state index contributed by atoms with van der Waals surface area (Å²) in [6, 6.07) is 14.2. The second-order valence-electron chi connectivity index (χ2n) is 25.5. The standard InChI is InChI=1S/C69H97N7O15/c1-14-43(8)58-55(77)39-57(79)91-62(42(6)7)60(80)44(9)63(82)71-51(36-40(2)3)67(86)76-35-21-24-52(76)68(87)75(12)54(38-46-26-32-50(89-13)33-27-46)69(88)90-45(10)59(66(85)72-58)73-65(84)53(37-41(4)5)74(11)56(78)25-19-16-20-34-70-64(83)49-30-28-48(29-31-49)61(81)47-22-17-15-18-23-47/h15,17-18,22-23,26-33,40-45,51-55,58-59,62,77H,14,16,19-21,24-25,34-39H2,1-13H3,(H,70,83)(H,71,82)(H,72,85)(H,73,84)/t43-,44-,45-,51+,52-,53+,54-,55+,58+,59+,62+/m0/s1. The third-order valence-corrected chi connectivity index (χ3v) is 17.1. The molecule has 498 valence electrons. The van der Waals surface area contributed by atoms with Crippen LogP contribution in [0.1, 0.15) is 165 Å². The Morgan fingerprint density at radius 1 is 0.780 bits per heavy atom. The van der Waals surface area contributed by atoms with Gasteiger partial charge in [-0.25, -0.2) is 4.79 Å². The van der Waals surface area contributed by atoms with Crippen LogP contribution in [0.4, 0.5) is 0 Å². The first-order valence-electron chi connectivity index (χ1n) is 32.0. The van der Waals surface area contributed by atoms with Crippen molar-refractivity contribution in [2.24, 2.45) is 29.6 Å².